The number of H-pyrrole nitrogens is 1. The Morgan fingerprint density at radius 3 is 2.73 bits per heavy atom. The van der Waals surface area contributed by atoms with E-state index in [4.69, 9.17) is 0 Å². The molecule has 15 heavy (non-hydrogen) atoms. The van der Waals surface area contributed by atoms with Crippen LogP contribution in [-0.2, 0) is 0 Å². The topological polar surface area (TPSA) is 53.2 Å². The lowest BCUT2D eigenvalue weighted by molar-refractivity contribution is 0.0734. The molecule has 4 heteroatoms. The molecule has 82 valence electrons. The molecule has 0 aliphatic rings. The number of rotatable bonds is 3. The molecule has 1 aromatic rings. The monoisotopic (exact) mass is 208 g/mol. The average Bonchev–Trinajstić information content (AvgIpc) is 2.26. The first-order chi connectivity index (χ1) is 7.06. The van der Waals surface area contributed by atoms with E-state index in [-0.39, 0.29) is 17.5 Å². The van der Waals surface area contributed by atoms with Gasteiger partial charge in [0.1, 0.15) is 5.69 Å². The quantitative estimate of drug-likeness (QED) is 0.812. The van der Waals surface area contributed by atoms with E-state index < -0.39 is 0 Å². The number of pyridine rings is 1. The van der Waals surface area contributed by atoms with E-state index in [9.17, 15) is 9.59 Å². The molecule has 0 aliphatic heterocycles. The Bertz CT molecular complexity index is 398. The van der Waals surface area contributed by atoms with Crippen LogP contribution in [0.25, 0.3) is 0 Å². The molecule has 1 heterocycles. The summed E-state index contributed by atoms with van der Waals surface area (Å²) in [6.07, 6.45) is 0.888. The second-order valence-electron chi connectivity index (χ2n) is 3.60. The molecule has 1 N–H and O–H groups in total. The van der Waals surface area contributed by atoms with Gasteiger partial charge < -0.3 is 9.88 Å². The lowest BCUT2D eigenvalue weighted by Gasteiger charge is -2.23. The van der Waals surface area contributed by atoms with Crippen LogP contribution in [0.3, 0.4) is 0 Å². The summed E-state index contributed by atoms with van der Waals surface area (Å²) in [7, 11) is 1.74. The number of nitrogens with zero attached hydrogens (tertiary/aromatic N) is 1. The Labute approximate surface area is 88.9 Å². The van der Waals surface area contributed by atoms with Crippen molar-refractivity contribution in [2.24, 2.45) is 0 Å². The van der Waals surface area contributed by atoms with E-state index in [1.165, 1.54) is 6.07 Å². The molecule has 1 amide bonds. The highest BCUT2D eigenvalue weighted by Gasteiger charge is 2.16. The number of aromatic nitrogens is 1. The first-order valence-corrected chi connectivity index (χ1v) is 5.02. The molecule has 0 saturated heterocycles. The van der Waals surface area contributed by atoms with Gasteiger partial charge in [0, 0.05) is 19.2 Å². The summed E-state index contributed by atoms with van der Waals surface area (Å²) < 4.78 is 0. The summed E-state index contributed by atoms with van der Waals surface area (Å²) in [6, 6.07) is 4.75. The van der Waals surface area contributed by atoms with Crippen molar-refractivity contribution in [3.63, 3.8) is 0 Å². The molecule has 1 aromatic heterocycles. The highest BCUT2D eigenvalue weighted by atomic mass is 16.2. The van der Waals surface area contributed by atoms with Gasteiger partial charge in [0.15, 0.2) is 0 Å². The molecule has 0 radical (unpaired) electrons. The first kappa shape index (κ1) is 11.5. The van der Waals surface area contributed by atoms with Crippen LogP contribution in [0.15, 0.2) is 23.0 Å². The molecule has 0 aliphatic carbocycles. The van der Waals surface area contributed by atoms with Gasteiger partial charge in [0.05, 0.1) is 0 Å². The summed E-state index contributed by atoms with van der Waals surface area (Å²) in [4.78, 5) is 27.0. The molecule has 1 rings (SSSR count). The van der Waals surface area contributed by atoms with Crippen molar-refractivity contribution in [3.8, 4) is 0 Å². The molecular weight excluding hydrogens is 192 g/mol. The maximum Gasteiger partial charge on any atom is 0.270 e. The fourth-order valence-electron chi connectivity index (χ4n) is 1.24. The van der Waals surface area contributed by atoms with Crippen molar-refractivity contribution in [1.29, 1.82) is 0 Å². The van der Waals surface area contributed by atoms with Crippen molar-refractivity contribution in [3.05, 3.63) is 34.2 Å². The van der Waals surface area contributed by atoms with Crippen LogP contribution in [0, 0.1) is 0 Å². The molecule has 0 aromatic carbocycles. The molecule has 1 unspecified atom stereocenters. The van der Waals surface area contributed by atoms with Crippen molar-refractivity contribution in [1.82, 2.24) is 9.88 Å². The Kier molecular flexibility index (Phi) is 3.66. The zero-order chi connectivity index (χ0) is 11.4. The van der Waals surface area contributed by atoms with Crippen LogP contribution in [-0.4, -0.2) is 28.9 Å². The fraction of sp³-hybridized carbons (Fsp3) is 0.455. The van der Waals surface area contributed by atoms with E-state index in [0.717, 1.165) is 6.42 Å². The smallest absolute Gasteiger partial charge is 0.270 e. The number of amides is 1. The lowest BCUT2D eigenvalue weighted by Crippen LogP contribution is -2.35. The van der Waals surface area contributed by atoms with Crippen LogP contribution in [0.2, 0.25) is 0 Å². The summed E-state index contributed by atoms with van der Waals surface area (Å²) >= 11 is 0. The van der Waals surface area contributed by atoms with Crippen molar-refractivity contribution in [2.45, 2.75) is 26.3 Å². The number of aromatic amines is 1. The van der Waals surface area contributed by atoms with Crippen LogP contribution in [0.1, 0.15) is 30.8 Å². The Morgan fingerprint density at radius 1 is 1.53 bits per heavy atom. The predicted molar refractivity (Wildman–Crippen MR) is 58.9 cm³/mol. The molecule has 0 spiro atoms. The molecule has 1 atom stereocenters. The molecule has 0 fully saturated rings. The van der Waals surface area contributed by atoms with E-state index in [2.05, 4.69) is 4.98 Å². The van der Waals surface area contributed by atoms with E-state index in [1.54, 1.807) is 24.1 Å². The zero-order valence-corrected chi connectivity index (χ0v) is 9.28. The van der Waals surface area contributed by atoms with Gasteiger partial charge in [-0.25, -0.2) is 0 Å². The number of carbonyl (C=O) groups is 1. The molecule has 0 saturated carbocycles. The highest BCUT2D eigenvalue weighted by molar-refractivity contribution is 5.92. The second kappa shape index (κ2) is 4.77. The Balaban J connectivity index is 2.90. The third-order valence-electron chi connectivity index (χ3n) is 2.57. The number of carbonyl (C=O) groups excluding carboxylic acids is 1. The van der Waals surface area contributed by atoms with Gasteiger partial charge >= 0.3 is 0 Å². The maximum atomic E-state index is 11.9. The zero-order valence-electron chi connectivity index (χ0n) is 9.28. The van der Waals surface area contributed by atoms with E-state index in [1.807, 2.05) is 13.8 Å². The van der Waals surface area contributed by atoms with Gasteiger partial charge in [-0.05, 0) is 19.4 Å². The van der Waals surface area contributed by atoms with Crippen LogP contribution >= 0.6 is 0 Å². The number of hydrogen-bond acceptors (Lipinski definition) is 2. The minimum atomic E-state index is -0.251. The largest absolute Gasteiger partial charge is 0.338 e. The normalized spacial score (nSPS) is 12.2. The van der Waals surface area contributed by atoms with Gasteiger partial charge in [-0.1, -0.05) is 13.0 Å². The van der Waals surface area contributed by atoms with Crippen LogP contribution in [0.5, 0.6) is 0 Å². The maximum absolute atomic E-state index is 11.9. The van der Waals surface area contributed by atoms with E-state index in [0.29, 0.717) is 5.69 Å². The van der Waals surface area contributed by atoms with Gasteiger partial charge in [-0.3, -0.25) is 9.59 Å². The SMILES string of the molecule is CCC(C)N(C)C(=O)c1cccc(=O)[nH]1. The summed E-state index contributed by atoms with van der Waals surface area (Å²) in [6.45, 7) is 3.99. The van der Waals surface area contributed by atoms with Gasteiger partial charge in [0.25, 0.3) is 5.91 Å². The van der Waals surface area contributed by atoms with E-state index >= 15 is 0 Å². The third kappa shape index (κ3) is 2.68. The third-order valence-corrected chi connectivity index (χ3v) is 2.57. The minimum Gasteiger partial charge on any atom is -0.338 e. The summed E-state index contributed by atoms with van der Waals surface area (Å²) in [5.41, 5.74) is 0.0868. The summed E-state index contributed by atoms with van der Waals surface area (Å²) in [5, 5.41) is 0. The van der Waals surface area contributed by atoms with Crippen LogP contribution in [0.4, 0.5) is 0 Å². The fourth-order valence-corrected chi connectivity index (χ4v) is 1.24. The predicted octanol–water partition coefficient (Wildman–Crippen LogP) is 1.25. The average molecular weight is 208 g/mol. The van der Waals surface area contributed by atoms with Crippen LogP contribution < -0.4 is 5.56 Å². The number of hydrogen-bond donors (Lipinski definition) is 1. The molecule has 4 nitrogen and oxygen atoms in total. The van der Waals surface area contributed by atoms with Crippen molar-refractivity contribution < 1.29 is 4.79 Å². The summed E-state index contributed by atoms with van der Waals surface area (Å²) in [5.74, 6) is -0.151. The molecule has 0 bridgehead atoms. The Morgan fingerprint density at radius 2 is 2.20 bits per heavy atom. The number of nitrogens with one attached hydrogen (secondary N) is 1. The van der Waals surface area contributed by atoms with Gasteiger partial charge in [-0.2, -0.15) is 0 Å². The highest BCUT2D eigenvalue weighted by Crippen LogP contribution is 2.05. The van der Waals surface area contributed by atoms with Crippen molar-refractivity contribution >= 4 is 5.91 Å². The van der Waals surface area contributed by atoms with Gasteiger partial charge in [-0.15, -0.1) is 0 Å². The second-order valence-corrected chi connectivity index (χ2v) is 3.60. The standard InChI is InChI=1S/C11H16N2O2/c1-4-8(2)13(3)11(15)9-6-5-7-10(14)12-9/h5-8H,4H2,1-3H3,(H,12,14). The molecular formula is C11H16N2O2. The first-order valence-electron chi connectivity index (χ1n) is 5.02. The lowest BCUT2D eigenvalue weighted by atomic mass is 10.2. The Hall–Kier alpha value is -1.58. The van der Waals surface area contributed by atoms with Crippen molar-refractivity contribution in [2.75, 3.05) is 7.05 Å². The minimum absolute atomic E-state index is 0.151. The van der Waals surface area contributed by atoms with Gasteiger partial charge in [0.2, 0.25) is 5.56 Å².